The van der Waals surface area contributed by atoms with E-state index in [1.165, 1.54) is 6.92 Å². The Hall–Kier alpha value is -3.07. The van der Waals surface area contributed by atoms with Gasteiger partial charge in [0.25, 0.3) is 0 Å². The molecule has 2 N–H and O–H groups in total. The normalized spacial score (nSPS) is 11.5. The predicted octanol–water partition coefficient (Wildman–Crippen LogP) is 3.54. The van der Waals surface area contributed by atoms with Crippen molar-refractivity contribution in [1.29, 1.82) is 0 Å². The van der Waals surface area contributed by atoms with Gasteiger partial charge in [0.2, 0.25) is 5.91 Å². The number of aromatic amines is 1. The van der Waals surface area contributed by atoms with Gasteiger partial charge in [0.05, 0.1) is 16.3 Å². The number of carbonyl (C=O) groups excluding carboxylic acids is 1. The topological polar surface area (TPSA) is 79.8 Å². The Kier molecular flexibility index (Phi) is 5.28. The highest BCUT2D eigenvalue weighted by atomic mass is 35.5. The molecule has 1 aromatic heterocycles. The van der Waals surface area contributed by atoms with Gasteiger partial charge in [-0.15, -0.1) is 5.10 Å². The number of halogens is 4. The quantitative estimate of drug-likeness (QED) is 0.690. The van der Waals surface area contributed by atoms with Gasteiger partial charge in [-0.1, -0.05) is 17.7 Å². The number of aromatic nitrogens is 3. The summed E-state index contributed by atoms with van der Waals surface area (Å²) in [4.78, 5) is 25.8. The van der Waals surface area contributed by atoms with Crippen LogP contribution in [0.3, 0.4) is 0 Å². The van der Waals surface area contributed by atoms with Crippen LogP contribution in [-0.4, -0.2) is 20.7 Å². The van der Waals surface area contributed by atoms with Gasteiger partial charge in [-0.3, -0.25) is 9.78 Å². The molecule has 0 aliphatic heterocycles. The van der Waals surface area contributed by atoms with E-state index in [9.17, 15) is 22.8 Å². The summed E-state index contributed by atoms with van der Waals surface area (Å²) in [7, 11) is 0. The molecule has 0 atom stereocenters. The van der Waals surface area contributed by atoms with Crippen molar-refractivity contribution in [1.82, 2.24) is 20.1 Å². The third-order valence-corrected chi connectivity index (χ3v) is 4.21. The Morgan fingerprint density at radius 2 is 1.89 bits per heavy atom. The largest absolute Gasteiger partial charge is 0.416 e. The summed E-state index contributed by atoms with van der Waals surface area (Å²) in [5.74, 6) is -0.0453. The van der Waals surface area contributed by atoms with Crippen LogP contribution >= 0.6 is 11.6 Å². The molecule has 0 saturated carbocycles. The minimum Gasteiger partial charge on any atom is -0.352 e. The van der Waals surface area contributed by atoms with E-state index in [1.807, 2.05) is 0 Å². The lowest BCUT2D eigenvalue weighted by atomic mass is 10.1. The molecular weight excluding hydrogens is 397 g/mol. The number of amides is 1. The molecule has 1 heterocycles. The maximum Gasteiger partial charge on any atom is 0.416 e. The van der Waals surface area contributed by atoms with E-state index in [0.29, 0.717) is 10.6 Å². The monoisotopic (exact) mass is 410 g/mol. The summed E-state index contributed by atoms with van der Waals surface area (Å²) in [5.41, 5.74) is -0.121. The summed E-state index contributed by atoms with van der Waals surface area (Å²) in [6.45, 7) is 1.66. The van der Waals surface area contributed by atoms with Crippen LogP contribution in [0.25, 0.3) is 17.1 Å². The highest BCUT2D eigenvalue weighted by Crippen LogP contribution is 2.30. The van der Waals surface area contributed by atoms with Crippen LogP contribution in [0.4, 0.5) is 13.2 Å². The minimum absolute atomic E-state index is 0.152. The Morgan fingerprint density at radius 1 is 1.21 bits per heavy atom. The fraction of sp³-hybridized carbons (Fsp3) is 0.167. The van der Waals surface area contributed by atoms with Gasteiger partial charge in [-0.2, -0.15) is 17.9 Å². The van der Waals surface area contributed by atoms with Crippen molar-refractivity contribution < 1.29 is 18.0 Å². The zero-order chi connectivity index (χ0) is 20.5. The third kappa shape index (κ3) is 4.25. The van der Waals surface area contributed by atoms with E-state index in [0.717, 1.165) is 34.5 Å². The van der Waals surface area contributed by atoms with Crippen molar-refractivity contribution in [3.05, 3.63) is 69.1 Å². The van der Waals surface area contributed by atoms with E-state index < -0.39 is 17.4 Å². The molecule has 0 unspecified atom stereocenters. The van der Waals surface area contributed by atoms with Crippen LogP contribution in [-0.2, 0) is 17.5 Å². The summed E-state index contributed by atoms with van der Waals surface area (Å²) >= 11 is 6.19. The zero-order valence-electron chi connectivity index (χ0n) is 14.5. The number of H-pyrrole nitrogens is 1. The second-order valence-electron chi connectivity index (χ2n) is 5.96. The molecular formula is C18H14ClF3N4O2. The van der Waals surface area contributed by atoms with E-state index in [-0.39, 0.29) is 24.0 Å². The molecule has 2 aromatic carbocycles. The first kappa shape index (κ1) is 19.7. The van der Waals surface area contributed by atoms with Crippen LogP contribution in [0.15, 0.2) is 47.3 Å². The molecule has 0 fully saturated rings. The summed E-state index contributed by atoms with van der Waals surface area (Å²) in [6, 6.07) is 9.03. The number of nitrogens with zero attached hydrogens (tertiary/aromatic N) is 2. The first-order chi connectivity index (χ1) is 13.1. The average molecular weight is 411 g/mol. The Balaban J connectivity index is 1.95. The minimum atomic E-state index is -4.47. The standard InChI is InChI=1S/C18H14ClF3N4O2/c1-10(27)23-9-11-2-7-15(19)14(8-11)16-24-17(28)26(25-16)13-5-3-12(4-6-13)18(20,21)22/h2-8H,9H2,1H3,(H,23,27)(H,24,25,28). The summed E-state index contributed by atoms with van der Waals surface area (Å²) in [6.07, 6.45) is -4.47. The van der Waals surface area contributed by atoms with Crippen molar-refractivity contribution in [2.45, 2.75) is 19.6 Å². The SMILES string of the molecule is CC(=O)NCc1ccc(Cl)c(-c2nn(-c3ccc(C(F)(F)F)cc3)c(=O)[nH]2)c1. The van der Waals surface area contributed by atoms with Gasteiger partial charge in [0.1, 0.15) is 0 Å². The third-order valence-electron chi connectivity index (χ3n) is 3.88. The molecule has 0 saturated heterocycles. The van der Waals surface area contributed by atoms with Gasteiger partial charge in [0, 0.05) is 19.0 Å². The van der Waals surface area contributed by atoms with Crippen LogP contribution < -0.4 is 11.0 Å². The molecule has 3 rings (SSSR count). The van der Waals surface area contributed by atoms with Gasteiger partial charge in [-0.05, 0) is 42.0 Å². The van der Waals surface area contributed by atoms with Crippen LogP contribution in [0.5, 0.6) is 0 Å². The smallest absolute Gasteiger partial charge is 0.352 e. The lowest BCUT2D eigenvalue weighted by Crippen LogP contribution is -2.18. The molecule has 6 nitrogen and oxygen atoms in total. The highest BCUT2D eigenvalue weighted by molar-refractivity contribution is 6.33. The number of benzene rings is 2. The second-order valence-corrected chi connectivity index (χ2v) is 6.37. The molecule has 10 heteroatoms. The first-order valence-corrected chi connectivity index (χ1v) is 8.43. The van der Waals surface area contributed by atoms with Crippen molar-refractivity contribution in [2.75, 3.05) is 0 Å². The number of carbonyl (C=O) groups is 1. The number of hydrogen-bond acceptors (Lipinski definition) is 3. The highest BCUT2D eigenvalue weighted by Gasteiger charge is 2.30. The second kappa shape index (κ2) is 7.51. The van der Waals surface area contributed by atoms with Crippen LogP contribution in [0.2, 0.25) is 5.02 Å². The molecule has 28 heavy (non-hydrogen) atoms. The maximum atomic E-state index is 12.7. The number of hydrogen-bond donors (Lipinski definition) is 2. The molecule has 0 aliphatic carbocycles. The average Bonchev–Trinajstić information content (AvgIpc) is 3.02. The maximum absolute atomic E-state index is 12.7. The predicted molar refractivity (Wildman–Crippen MR) is 97.2 cm³/mol. The lowest BCUT2D eigenvalue weighted by Gasteiger charge is -2.07. The van der Waals surface area contributed by atoms with Crippen molar-refractivity contribution >= 4 is 17.5 Å². The molecule has 3 aromatic rings. The Bertz CT molecular complexity index is 1070. The molecule has 146 valence electrons. The van der Waals surface area contributed by atoms with Gasteiger partial charge >= 0.3 is 11.9 Å². The number of nitrogens with one attached hydrogen (secondary N) is 2. The molecule has 0 bridgehead atoms. The van der Waals surface area contributed by atoms with E-state index in [1.54, 1.807) is 18.2 Å². The first-order valence-electron chi connectivity index (χ1n) is 8.05. The molecule has 0 radical (unpaired) electrons. The van der Waals surface area contributed by atoms with E-state index >= 15 is 0 Å². The van der Waals surface area contributed by atoms with Crippen molar-refractivity contribution in [3.63, 3.8) is 0 Å². The Labute approximate surface area is 162 Å². The van der Waals surface area contributed by atoms with Crippen molar-refractivity contribution in [2.24, 2.45) is 0 Å². The fourth-order valence-electron chi connectivity index (χ4n) is 2.50. The summed E-state index contributed by atoms with van der Waals surface area (Å²) in [5, 5.41) is 7.10. The molecule has 0 spiro atoms. The number of rotatable bonds is 4. The van der Waals surface area contributed by atoms with Crippen LogP contribution in [0.1, 0.15) is 18.1 Å². The lowest BCUT2D eigenvalue weighted by molar-refractivity contribution is -0.137. The van der Waals surface area contributed by atoms with E-state index in [2.05, 4.69) is 15.4 Å². The molecule has 0 aliphatic rings. The number of alkyl halides is 3. The zero-order valence-corrected chi connectivity index (χ0v) is 15.2. The molecule has 1 amide bonds. The Morgan fingerprint density at radius 3 is 2.50 bits per heavy atom. The van der Waals surface area contributed by atoms with Gasteiger partial charge in [-0.25, -0.2) is 4.79 Å². The van der Waals surface area contributed by atoms with Crippen molar-refractivity contribution in [3.8, 4) is 17.1 Å². The van der Waals surface area contributed by atoms with Gasteiger partial charge in [0.15, 0.2) is 5.82 Å². The summed E-state index contributed by atoms with van der Waals surface area (Å²) < 4.78 is 39.0. The van der Waals surface area contributed by atoms with E-state index in [4.69, 9.17) is 11.6 Å². The van der Waals surface area contributed by atoms with Crippen LogP contribution in [0, 0.1) is 0 Å². The fourth-order valence-corrected chi connectivity index (χ4v) is 2.71. The van der Waals surface area contributed by atoms with Gasteiger partial charge < -0.3 is 5.32 Å².